The van der Waals surface area contributed by atoms with Gasteiger partial charge in [0.2, 0.25) is 0 Å². The third kappa shape index (κ3) is 5.18. The topological polar surface area (TPSA) is 76.1 Å². The van der Waals surface area contributed by atoms with Gasteiger partial charge in [0, 0.05) is 11.7 Å². The van der Waals surface area contributed by atoms with Gasteiger partial charge in [0.25, 0.3) is 5.91 Å². The van der Waals surface area contributed by atoms with E-state index >= 15 is 0 Å². The molecule has 6 nitrogen and oxygen atoms in total. The number of ether oxygens (including phenoxy) is 1. The summed E-state index contributed by atoms with van der Waals surface area (Å²) in [6.07, 6.45) is 6.99. The lowest BCUT2D eigenvalue weighted by Crippen LogP contribution is -2.35. The molecule has 0 aliphatic heterocycles. The summed E-state index contributed by atoms with van der Waals surface area (Å²) >= 11 is 0. The summed E-state index contributed by atoms with van der Waals surface area (Å²) in [5.74, 6) is 1.28. The van der Waals surface area contributed by atoms with E-state index in [1.165, 1.54) is 25.7 Å². The molecule has 1 fully saturated rings. The highest BCUT2D eigenvalue weighted by atomic mass is 16.5. The average Bonchev–Trinajstić information content (AvgIpc) is 2.93. The van der Waals surface area contributed by atoms with Crippen LogP contribution in [0.25, 0.3) is 0 Å². The van der Waals surface area contributed by atoms with E-state index in [-0.39, 0.29) is 11.9 Å². The van der Waals surface area contributed by atoms with E-state index in [1.807, 2.05) is 31.2 Å². The molecule has 1 heterocycles. The van der Waals surface area contributed by atoms with E-state index in [0.29, 0.717) is 18.1 Å². The summed E-state index contributed by atoms with van der Waals surface area (Å²) in [5.41, 5.74) is 1.24. The van der Waals surface area contributed by atoms with Crippen LogP contribution in [0.2, 0.25) is 0 Å². The van der Waals surface area contributed by atoms with Gasteiger partial charge in [0.05, 0.1) is 6.61 Å². The van der Waals surface area contributed by atoms with E-state index < -0.39 is 0 Å². The summed E-state index contributed by atoms with van der Waals surface area (Å²) in [6.45, 7) is 2.60. The van der Waals surface area contributed by atoms with Crippen LogP contribution >= 0.6 is 0 Å². The number of amides is 1. The molecule has 1 aliphatic rings. The highest BCUT2D eigenvalue weighted by Crippen LogP contribution is 2.19. The Kier molecular flexibility index (Phi) is 6.41. The molecule has 0 bridgehead atoms. The second-order valence-corrected chi connectivity index (χ2v) is 6.55. The number of hydrogen-bond donors (Lipinski definition) is 2. The minimum absolute atomic E-state index is 0.142. The van der Waals surface area contributed by atoms with Crippen LogP contribution in [-0.4, -0.2) is 28.8 Å². The second-order valence-electron chi connectivity index (χ2n) is 6.55. The number of anilines is 2. The SMILES string of the molecule is CCOc1ccc(Nc2ccc(C(=O)NC3CCCCCC3)nn2)cc1. The van der Waals surface area contributed by atoms with Crippen molar-refractivity contribution in [3.63, 3.8) is 0 Å². The number of hydrogen-bond acceptors (Lipinski definition) is 5. The van der Waals surface area contributed by atoms with Crippen molar-refractivity contribution in [3.05, 3.63) is 42.1 Å². The van der Waals surface area contributed by atoms with Crippen LogP contribution < -0.4 is 15.4 Å². The third-order valence-electron chi connectivity index (χ3n) is 4.53. The Morgan fingerprint density at radius 1 is 1.04 bits per heavy atom. The van der Waals surface area contributed by atoms with Gasteiger partial charge in [0.1, 0.15) is 5.75 Å². The van der Waals surface area contributed by atoms with Gasteiger partial charge in [-0.15, -0.1) is 10.2 Å². The summed E-state index contributed by atoms with van der Waals surface area (Å²) < 4.78 is 5.42. The van der Waals surface area contributed by atoms with Crippen LogP contribution in [0.4, 0.5) is 11.5 Å². The molecule has 0 saturated heterocycles. The predicted molar refractivity (Wildman–Crippen MR) is 102 cm³/mol. The molecule has 2 aromatic rings. The molecule has 138 valence electrons. The fourth-order valence-corrected chi connectivity index (χ4v) is 3.15. The largest absolute Gasteiger partial charge is 0.494 e. The van der Waals surface area contributed by atoms with Gasteiger partial charge in [-0.1, -0.05) is 25.7 Å². The molecule has 0 atom stereocenters. The summed E-state index contributed by atoms with van der Waals surface area (Å²) in [7, 11) is 0. The van der Waals surface area contributed by atoms with Crippen molar-refractivity contribution < 1.29 is 9.53 Å². The molecular weight excluding hydrogens is 328 g/mol. The van der Waals surface area contributed by atoms with Crippen molar-refractivity contribution in [2.45, 2.75) is 51.5 Å². The molecule has 1 amide bonds. The molecule has 0 spiro atoms. The Labute approximate surface area is 154 Å². The second kappa shape index (κ2) is 9.17. The van der Waals surface area contributed by atoms with Crippen molar-refractivity contribution >= 4 is 17.4 Å². The van der Waals surface area contributed by atoms with Crippen LogP contribution in [-0.2, 0) is 0 Å². The third-order valence-corrected chi connectivity index (χ3v) is 4.53. The number of aromatic nitrogens is 2. The van der Waals surface area contributed by atoms with Crippen molar-refractivity contribution in [2.24, 2.45) is 0 Å². The van der Waals surface area contributed by atoms with E-state index in [2.05, 4.69) is 20.8 Å². The normalized spacial score (nSPS) is 15.1. The number of nitrogens with one attached hydrogen (secondary N) is 2. The van der Waals surface area contributed by atoms with Gasteiger partial charge in [0.15, 0.2) is 11.5 Å². The molecule has 6 heteroatoms. The molecule has 0 radical (unpaired) electrons. The lowest BCUT2D eigenvalue weighted by Gasteiger charge is -2.15. The van der Waals surface area contributed by atoms with Gasteiger partial charge in [-0.3, -0.25) is 4.79 Å². The maximum Gasteiger partial charge on any atom is 0.272 e. The first-order chi connectivity index (χ1) is 12.7. The fraction of sp³-hybridized carbons (Fsp3) is 0.450. The lowest BCUT2D eigenvalue weighted by molar-refractivity contribution is 0.0927. The van der Waals surface area contributed by atoms with Crippen LogP contribution in [0.5, 0.6) is 5.75 Å². The molecule has 0 unspecified atom stereocenters. The number of rotatable bonds is 6. The molecule has 1 aromatic heterocycles. The van der Waals surface area contributed by atoms with Crippen LogP contribution in [0.3, 0.4) is 0 Å². The first-order valence-electron chi connectivity index (χ1n) is 9.39. The Balaban J connectivity index is 1.56. The Morgan fingerprint density at radius 2 is 1.77 bits per heavy atom. The summed E-state index contributed by atoms with van der Waals surface area (Å²) in [5, 5.41) is 14.4. The van der Waals surface area contributed by atoms with E-state index in [9.17, 15) is 4.79 Å². The van der Waals surface area contributed by atoms with Crippen molar-refractivity contribution in [3.8, 4) is 5.75 Å². The molecule has 26 heavy (non-hydrogen) atoms. The fourth-order valence-electron chi connectivity index (χ4n) is 3.15. The van der Waals surface area contributed by atoms with Gasteiger partial charge in [-0.2, -0.15) is 0 Å². The number of carbonyl (C=O) groups excluding carboxylic acids is 1. The maximum atomic E-state index is 12.3. The van der Waals surface area contributed by atoms with E-state index in [0.717, 1.165) is 24.3 Å². The zero-order valence-corrected chi connectivity index (χ0v) is 15.2. The van der Waals surface area contributed by atoms with Gasteiger partial charge < -0.3 is 15.4 Å². The quantitative estimate of drug-likeness (QED) is 0.765. The Hall–Kier alpha value is -2.63. The lowest BCUT2D eigenvalue weighted by atomic mass is 10.1. The zero-order chi connectivity index (χ0) is 18.2. The smallest absolute Gasteiger partial charge is 0.272 e. The number of benzene rings is 1. The predicted octanol–water partition coefficient (Wildman–Crippen LogP) is 4.07. The minimum atomic E-state index is -0.142. The molecule has 3 rings (SSSR count). The highest BCUT2D eigenvalue weighted by Gasteiger charge is 2.16. The van der Waals surface area contributed by atoms with Crippen molar-refractivity contribution in [1.29, 1.82) is 0 Å². The zero-order valence-electron chi connectivity index (χ0n) is 15.2. The average molecular weight is 354 g/mol. The van der Waals surface area contributed by atoms with Crippen LogP contribution in [0.1, 0.15) is 55.9 Å². The Bertz CT molecular complexity index is 693. The number of nitrogens with zero attached hydrogens (tertiary/aromatic N) is 2. The molecular formula is C20H26N4O2. The first-order valence-corrected chi connectivity index (χ1v) is 9.39. The van der Waals surface area contributed by atoms with E-state index in [1.54, 1.807) is 12.1 Å². The molecule has 1 saturated carbocycles. The van der Waals surface area contributed by atoms with Gasteiger partial charge in [-0.25, -0.2) is 0 Å². The van der Waals surface area contributed by atoms with Gasteiger partial charge in [-0.05, 0) is 56.2 Å². The Morgan fingerprint density at radius 3 is 2.38 bits per heavy atom. The molecule has 1 aromatic carbocycles. The summed E-state index contributed by atoms with van der Waals surface area (Å²) in [6, 6.07) is 11.4. The monoisotopic (exact) mass is 354 g/mol. The number of carbonyl (C=O) groups is 1. The standard InChI is InChI=1S/C20H26N4O2/c1-2-26-17-11-9-16(10-12-17)21-19-14-13-18(23-24-19)20(25)22-15-7-5-3-4-6-8-15/h9-15H,2-8H2,1H3,(H,21,24)(H,22,25). The van der Waals surface area contributed by atoms with Crippen LogP contribution in [0.15, 0.2) is 36.4 Å². The minimum Gasteiger partial charge on any atom is -0.494 e. The molecule has 2 N–H and O–H groups in total. The summed E-state index contributed by atoms with van der Waals surface area (Å²) in [4.78, 5) is 12.3. The molecule has 1 aliphatic carbocycles. The van der Waals surface area contributed by atoms with Crippen molar-refractivity contribution in [2.75, 3.05) is 11.9 Å². The maximum absolute atomic E-state index is 12.3. The first kappa shape index (κ1) is 18.2. The van der Waals surface area contributed by atoms with Gasteiger partial charge >= 0.3 is 0 Å². The highest BCUT2D eigenvalue weighted by molar-refractivity contribution is 5.92. The van der Waals surface area contributed by atoms with Crippen molar-refractivity contribution in [1.82, 2.24) is 15.5 Å². The van der Waals surface area contributed by atoms with E-state index in [4.69, 9.17) is 4.74 Å². The van der Waals surface area contributed by atoms with Crippen LogP contribution in [0, 0.1) is 0 Å².